The van der Waals surface area contributed by atoms with E-state index in [1.807, 2.05) is 0 Å². The van der Waals surface area contributed by atoms with E-state index in [1.54, 1.807) is 7.05 Å². The molecule has 1 aliphatic heterocycles. The van der Waals surface area contributed by atoms with Crippen LogP contribution < -0.4 is 10.6 Å². The van der Waals surface area contributed by atoms with Gasteiger partial charge >= 0.3 is 0 Å². The molecular formula is C17H27F2IN4. The van der Waals surface area contributed by atoms with E-state index in [2.05, 4.69) is 27.4 Å². The van der Waals surface area contributed by atoms with Gasteiger partial charge < -0.3 is 10.6 Å². The van der Waals surface area contributed by atoms with Crippen LogP contribution in [0.5, 0.6) is 0 Å². The zero-order valence-corrected chi connectivity index (χ0v) is 16.6. The number of halogens is 3. The van der Waals surface area contributed by atoms with Gasteiger partial charge in [0.05, 0.1) is 0 Å². The van der Waals surface area contributed by atoms with Crippen molar-refractivity contribution >= 4 is 29.9 Å². The molecule has 7 heteroatoms. The van der Waals surface area contributed by atoms with Crippen LogP contribution in [0.4, 0.5) is 8.78 Å². The Hall–Kier alpha value is -0.960. The van der Waals surface area contributed by atoms with Crippen molar-refractivity contribution in [2.75, 3.05) is 33.2 Å². The van der Waals surface area contributed by atoms with Crippen molar-refractivity contribution < 1.29 is 8.78 Å². The summed E-state index contributed by atoms with van der Waals surface area (Å²) in [6.45, 7) is 5.83. The molecule has 1 heterocycles. The van der Waals surface area contributed by atoms with E-state index in [0.29, 0.717) is 24.6 Å². The average molecular weight is 452 g/mol. The lowest BCUT2D eigenvalue weighted by molar-refractivity contribution is 0.267. The first-order valence-corrected chi connectivity index (χ1v) is 8.26. The van der Waals surface area contributed by atoms with Gasteiger partial charge in [-0.25, -0.2) is 8.78 Å². The molecule has 1 unspecified atom stereocenters. The van der Waals surface area contributed by atoms with Crippen molar-refractivity contribution in [2.45, 2.75) is 32.2 Å². The van der Waals surface area contributed by atoms with Gasteiger partial charge in [-0.2, -0.15) is 0 Å². The molecular weight excluding hydrogens is 425 g/mol. The van der Waals surface area contributed by atoms with Gasteiger partial charge in [-0.3, -0.25) is 9.89 Å². The van der Waals surface area contributed by atoms with E-state index < -0.39 is 11.6 Å². The summed E-state index contributed by atoms with van der Waals surface area (Å²) in [5, 5.41) is 6.51. The minimum Gasteiger partial charge on any atom is -0.356 e. The van der Waals surface area contributed by atoms with Gasteiger partial charge in [-0.15, -0.1) is 24.0 Å². The molecule has 0 radical (unpaired) electrons. The molecule has 0 spiro atoms. The molecule has 1 aromatic carbocycles. The van der Waals surface area contributed by atoms with Crippen molar-refractivity contribution in [3.05, 3.63) is 35.4 Å². The average Bonchev–Trinajstić information content (AvgIpc) is 3.00. The molecule has 0 saturated carbocycles. The summed E-state index contributed by atoms with van der Waals surface area (Å²) in [7, 11) is 1.72. The van der Waals surface area contributed by atoms with Crippen LogP contribution in [-0.2, 0) is 6.42 Å². The Morgan fingerprint density at radius 1 is 1.33 bits per heavy atom. The number of likely N-dealkylation sites (N-methyl/N-ethyl adjacent to an activating group) is 1. The zero-order valence-electron chi connectivity index (χ0n) is 14.3. The van der Waals surface area contributed by atoms with Crippen LogP contribution in [0.1, 0.15) is 25.3 Å². The Balaban J connectivity index is 0.00000288. The summed E-state index contributed by atoms with van der Waals surface area (Å²) >= 11 is 0. The minimum atomic E-state index is -0.547. The molecule has 136 valence electrons. The summed E-state index contributed by atoms with van der Waals surface area (Å²) in [4.78, 5) is 6.66. The van der Waals surface area contributed by atoms with Crippen LogP contribution in [0, 0.1) is 11.6 Å². The Kier molecular flexibility index (Phi) is 9.50. The Labute approximate surface area is 160 Å². The second-order valence-corrected chi connectivity index (χ2v) is 5.79. The van der Waals surface area contributed by atoms with Crippen molar-refractivity contribution in [3.8, 4) is 0 Å². The predicted molar refractivity (Wildman–Crippen MR) is 105 cm³/mol. The molecule has 0 aromatic heterocycles. The smallest absolute Gasteiger partial charge is 0.191 e. The van der Waals surface area contributed by atoms with E-state index in [0.717, 1.165) is 25.1 Å². The third kappa shape index (κ3) is 6.16. The molecule has 1 atom stereocenters. The lowest BCUT2D eigenvalue weighted by Gasteiger charge is -2.24. The highest BCUT2D eigenvalue weighted by Crippen LogP contribution is 2.15. The van der Waals surface area contributed by atoms with E-state index in [4.69, 9.17) is 0 Å². The van der Waals surface area contributed by atoms with Crippen LogP contribution >= 0.6 is 24.0 Å². The summed E-state index contributed by atoms with van der Waals surface area (Å²) < 4.78 is 26.4. The van der Waals surface area contributed by atoms with Crippen LogP contribution in [0.15, 0.2) is 23.2 Å². The van der Waals surface area contributed by atoms with Crippen LogP contribution in [0.3, 0.4) is 0 Å². The maximum atomic E-state index is 13.6. The van der Waals surface area contributed by atoms with E-state index in [-0.39, 0.29) is 24.0 Å². The summed E-state index contributed by atoms with van der Waals surface area (Å²) in [6.07, 6.45) is 2.94. The monoisotopic (exact) mass is 452 g/mol. The Morgan fingerprint density at radius 2 is 2.12 bits per heavy atom. The topological polar surface area (TPSA) is 39.7 Å². The highest BCUT2D eigenvalue weighted by molar-refractivity contribution is 14.0. The molecule has 0 bridgehead atoms. The number of likely N-dealkylation sites (tertiary alicyclic amines) is 1. The first kappa shape index (κ1) is 21.1. The van der Waals surface area contributed by atoms with Gasteiger partial charge in [0.15, 0.2) is 5.96 Å². The predicted octanol–water partition coefficient (Wildman–Crippen LogP) is 2.77. The second-order valence-electron chi connectivity index (χ2n) is 5.79. The standard InChI is InChI=1S/C17H26F2N4.HI/c1-3-23-10-4-5-15(23)12-22-17(20-2)21-9-8-13-6-7-14(18)11-16(13)19;/h6-7,11,15H,3-5,8-10,12H2,1-2H3,(H2,20,21,22);1H. The molecule has 2 rings (SSSR count). The number of guanidine groups is 1. The number of hydrogen-bond donors (Lipinski definition) is 2. The van der Waals surface area contributed by atoms with Gasteiger partial charge in [0.2, 0.25) is 0 Å². The normalized spacial score (nSPS) is 18.3. The van der Waals surface area contributed by atoms with Gasteiger partial charge in [0.1, 0.15) is 11.6 Å². The molecule has 1 saturated heterocycles. The molecule has 24 heavy (non-hydrogen) atoms. The number of aliphatic imine (C=N–C) groups is 1. The number of nitrogens with zero attached hydrogens (tertiary/aromatic N) is 2. The molecule has 1 fully saturated rings. The SMILES string of the molecule is CCN1CCCC1CNC(=NC)NCCc1ccc(F)cc1F.I. The fraction of sp³-hybridized carbons (Fsp3) is 0.588. The number of rotatable bonds is 6. The van der Waals surface area contributed by atoms with Crippen LogP contribution in [0.2, 0.25) is 0 Å². The third-order valence-electron chi connectivity index (χ3n) is 4.34. The highest BCUT2D eigenvalue weighted by atomic mass is 127. The van der Waals surface area contributed by atoms with Crippen LogP contribution in [0.25, 0.3) is 0 Å². The number of benzene rings is 1. The molecule has 0 aliphatic carbocycles. The Bertz CT molecular complexity index is 539. The lowest BCUT2D eigenvalue weighted by Crippen LogP contribution is -2.45. The maximum absolute atomic E-state index is 13.6. The second kappa shape index (κ2) is 10.8. The number of nitrogens with one attached hydrogen (secondary N) is 2. The lowest BCUT2D eigenvalue weighted by atomic mass is 10.1. The van der Waals surface area contributed by atoms with Gasteiger partial charge in [0.25, 0.3) is 0 Å². The fourth-order valence-corrected chi connectivity index (χ4v) is 3.02. The number of hydrogen-bond acceptors (Lipinski definition) is 2. The molecule has 0 amide bonds. The first-order valence-electron chi connectivity index (χ1n) is 8.26. The van der Waals surface area contributed by atoms with Crippen molar-refractivity contribution in [1.29, 1.82) is 0 Å². The van der Waals surface area contributed by atoms with E-state index in [9.17, 15) is 8.78 Å². The molecule has 1 aromatic rings. The Morgan fingerprint density at radius 3 is 2.79 bits per heavy atom. The summed E-state index contributed by atoms with van der Waals surface area (Å²) in [6, 6.07) is 4.24. The maximum Gasteiger partial charge on any atom is 0.191 e. The zero-order chi connectivity index (χ0) is 16.7. The third-order valence-corrected chi connectivity index (χ3v) is 4.34. The van der Waals surface area contributed by atoms with Crippen molar-refractivity contribution in [2.24, 2.45) is 4.99 Å². The van der Waals surface area contributed by atoms with Gasteiger partial charge in [0, 0.05) is 32.2 Å². The van der Waals surface area contributed by atoms with Crippen molar-refractivity contribution in [3.63, 3.8) is 0 Å². The molecule has 2 N–H and O–H groups in total. The summed E-state index contributed by atoms with van der Waals surface area (Å²) in [5.41, 5.74) is 0.502. The molecule has 4 nitrogen and oxygen atoms in total. The highest BCUT2D eigenvalue weighted by Gasteiger charge is 2.22. The van der Waals surface area contributed by atoms with Gasteiger partial charge in [-0.05, 0) is 44.0 Å². The van der Waals surface area contributed by atoms with Gasteiger partial charge in [-0.1, -0.05) is 13.0 Å². The molecule has 1 aliphatic rings. The van der Waals surface area contributed by atoms with E-state index in [1.165, 1.54) is 31.5 Å². The quantitative estimate of drug-likeness (QED) is 0.396. The largest absolute Gasteiger partial charge is 0.356 e. The van der Waals surface area contributed by atoms with E-state index >= 15 is 0 Å². The fourth-order valence-electron chi connectivity index (χ4n) is 3.02. The minimum absolute atomic E-state index is 0. The first-order chi connectivity index (χ1) is 11.1. The van der Waals surface area contributed by atoms with Crippen molar-refractivity contribution in [1.82, 2.24) is 15.5 Å². The summed E-state index contributed by atoms with van der Waals surface area (Å²) in [5.74, 6) is -0.330. The van der Waals surface area contributed by atoms with Crippen LogP contribution in [-0.4, -0.2) is 50.1 Å².